The molecule has 1 aromatic carbocycles. The molecule has 1 aliphatic heterocycles. The van der Waals surface area contributed by atoms with Gasteiger partial charge in [-0.3, -0.25) is 0 Å². The number of hydrogen-bond acceptors (Lipinski definition) is 2. The van der Waals surface area contributed by atoms with Crippen molar-refractivity contribution < 1.29 is 4.74 Å². The van der Waals surface area contributed by atoms with Gasteiger partial charge in [-0.15, -0.1) is 0 Å². The fourth-order valence-electron chi connectivity index (χ4n) is 1.81. The highest BCUT2D eigenvalue weighted by Gasteiger charge is 2.24. The van der Waals surface area contributed by atoms with Gasteiger partial charge in [0.15, 0.2) is 0 Å². The highest BCUT2D eigenvalue weighted by Crippen LogP contribution is 2.22. The van der Waals surface area contributed by atoms with E-state index in [-0.39, 0.29) is 0 Å². The van der Waals surface area contributed by atoms with Crippen molar-refractivity contribution in [2.45, 2.75) is 20.0 Å². The molecule has 0 spiro atoms. The highest BCUT2D eigenvalue weighted by atomic mass is 16.6. The maximum atomic E-state index is 5.22. The van der Waals surface area contributed by atoms with Crippen LogP contribution in [0.25, 0.3) is 0 Å². The normalized spacial score (nSPS) is 19.5. The van der Waals surface area contributed by atoms with E-state index < -0.39 is 0 Å². The Morgan fingerprint density at radius 3 is 2.71 bits per heavy atom. The van der Waals surface area contributed by atoms with Crippen LogP contribution in [0.4, 0.5) is 5.69 Å². The fourth-order valence-corrected chi connectivity index (χ4v) is 1.81. The van der Waals surface area contributed by atoms with E-state index in [1.807, 2.05) is 0 Å². The number of epoxide rings is 1. The predicted octanol–water partition coefficient (Wildman–Crippen LogP) is 2.14. The van der Waals surface area contributed by atoms with Gasteiger partial charge in [-0.2, -0.15) is 0 Å². The van der Waals surface area contributed by atoms with Gasteiger partial charge < -0.3 is 9.64 Å². The Balaban J connectivity index is 2.13. The fraction of sp³-hybridized carbons (Fsp3) is 0.500. The SMILES string of the molecule is Cc1ccc(N(C)C[C@@H]2CO2)c(C)c1. The van der Waals surface area contributed by atoms with Crippen LogP contribution in [0.15, 0.2) is 18.2 Å². The number of nitrogens with zero attached hydrogens (tertiary/aromatic N) is 1. The summed E-state index contributed by atoms with van der Waals surface area (Å²) in [6.07, 6.45) is 0.459. The van der Waals surface area contributed by atoms with Gasteiger partial charge in [-0.1, -0.05) is 17.7 Å². The predicted molar refractivity (Wildman–Crippen MR) is 58.9 cm³/mol. The second kappa shape index (κ2) is 3.62. The standard InChI is InChI=1S/C12H17NO/c1-9-4-5-12(10(2)6-9)13(3)7-11-8-14-11/h4-6,11H,7-8H2,1-3H3/t11-/m1/s1. The number of rotatable bonds is 3. The summed E-state index contributed by atoms with van der Waals surface area (Å²) in [5, 5.41) is 0. The van der Waals surface area contributed by atoms with Crippen molar-refractivity contribution in [3.63, 3.8) is 0 Å². The van der Waals surface area contributed by atoms with Crippen molar-refractivity contribution in [3.8, 4) is 0 Å². The molecule has 1 heterocycles. The zero-order valence-corrected chi connectivity index (χ0v) is 9.08. The minimum absolute atomic E-state index is 0.459. The lowest BCUT2D eigenvalue weighted by Crippen LogP contribution is -2.23. The Bertz CT molecular complexity index is 331. The molecule has 0 N–H and O–H groups in total. The summed E-state index contributed by atoms with van der Waals surface area (Å²) >= 11 is 0. The van der Waals surface area contributed by atoms with E-state index in [9.17, 15) is 0 Å². The quantitative estimate of drug-likeness (QED) is 0.680. The number of anilines is 1. The number of likely N-dealkylation sites (N-methyl/N-ethyl adjacent to an activating group) is 1. The summed E-state index contributed by atoms with van der Waals surface area (Å²) < 4.78 is 5.22. The van der Waals surface area contributed by atoms with E-state index >= 15 is 0 Å². The minimum Gasteiger partial charge on any atom is -0.372 e. The zero-order chi connectivity index (χ0) is 10.1. The average Bonchev–Trinajstić information content (AvgIpc) is 2.87. The third-order valence-corrected chi connectivity index (χ3v) is 2.64. The van der Waals surface area contributed by atoms with Crippen LogP contribution in [-0.2, 0) is 4.74 Å². The number of aryl methyl sites for hydroxylation is 2. The van der Waals surface area contributed by atoms with E-state index in [0.29, 0.717) is 6.10 Å². The molecule has 0 unspecified atom stereocenters. The molecule has 0 bridgehead atoms. The minimum atomic E-state index is 0.459. The molecule has 0 aliphatic carbocycles. The van der Waals surface area contributed by atoms with Gasteiger partial charge in [0.25, 0.3) is 0 Å². The molecule has 1 saturated heterocycles. The summed E-state index contributed by atoms with van der Waals surface area (Å²) in [6.45, 7) is 6.21. The smallest absolute Gasteiger partial charge is 0.0984 e. The summed E-state index contributed by atoms with van der Waals surface area (Å²) in [4.78, 5) is 2.27. The molecule has 1 fully saturated rings. The number of hydrogen-bond donors (Lipinski definition) is 0. The average molecular weight is 191 g/mol. The molecule has 2 rings (SSSR count). The van der Waals surface area contributed by atoms with Gasteiger partial charge in [0.05, 0.1) is 12.7 Å². The molecule has 0 radical (unpaired) electrons. The first-order valence-corrected chi connectivity index (χ1v) is 5.07. The molecular weight excluding hydrogens is 174 g/mol. The topological polar surface area (TPSA) is 15.8 Å². The molecule has 76 valence electrons. The van der Waals surface area contributed by atoms with Crippen LogP contribution < -0.4 is 4.90 Å². The van der Waals surface area contributed by atoms with Crippen molar-refractivity contribution in [3.05, 3.63) is 29.3 Å². The largest absolute Gasteiger partial charge is 0.372 e. The van der Waals surface area contributed by atoms with Crippen LogP contribution in [0.1, 0.15) is 11.1 Å². The third-order valence-electron chi connectivity index (χ3n) is 2.64. The molecule has 1 atom stereocenters. The summed E-state index contributed by atoms with van der Waals surface area (Å²) in [5.74, 6) is 0. The van der Waals surface area contributed by atoms with Crippen LogP contribution in [0.3, 0.4) is 0 Å². The summed E-state index contributed by atoms with van der Waals surface area (Å²) in [7, 11) is 2.12. The zero-order valence-electron chi connectivity index (χ0n) is 9.08. The first-order valence-electron chi connectivity index (χ1n) is 5.07. The maximum Gasteiger partial charge on any atom is 0.0984 e. The first kappa shape index (κ1) is 9.53. The van der Waals surface area contributed by atoms with Crippen LogP contribution in [0, 0.1) is 13.8 Å². The van der Waals surface area contributed by atoms with Crippen molar-refractivity contribution >= 4 is 5.69 Å². The van der Waals surface area contributed by atoms with Crippen LogP contribution in [0.2, 0.25) is 0 Å². The van der Waals surface area contributed by atoms with Crippen molar-refractivity contribution in [1.29, 1.82) is 0 Å². The Hall–Kier alpha value is -1.02. The molecular formula is C12H17NO. The lowest BCUT2D eigenvalue weighted by molar-refractivity contribution is 0.410. The van der Waals surface area contributed by atoms with E-state index in [0.717, 1.165) is 13.2 Å². The van der Waals surface area contributed by atoms with Crippen molar-refractivity contribution in [2.75, 3.05) is 25.1 Å². The van der Waals surface area contributed by atoms with E-state index in [2.05, 4.69) is 44.0 Å². The van der Waals surface area contributed by atoms with Gasteiger partial charge >= 0.3 is 0 Å². The second-order valence-corrected chi connectivity index (χ2v) is 4.13. The molecule has 2 nitrogen and oxygen atoms in total. The van der Waals surface area contributed by atoms with Crippen LogP contribution in [-0.4, -0.2) is 26.3 Å². The monoisotopic (exact) mass is 191 g/mol. The van der Waals surface area contributed by atoms with Crippen LogP contribution in [0.5, 0.6) is 0 Å². The van der Waals surface area contributed by atoms with Crippen molar-refractivity contribution in [2.24, 2.45) is 0 Å². The van der Waals surface area contributed by atoms with Gasteiger partial charge in [-0.05, 0) is 25.5 Å². The molecule has 0 aromatic heterocycles. The number of benzene rings is 1. The first-order chi connectivity index (χ1) is 6.66. The lowest BCUT2D eigenvalue weighted by Gasteiger charge is -2.20. The molecule has 0 saturated carbocycles. The van der Waals surface area contributed by atoms with Crippen LogP contribution >= 0.6 is 0 Å². The Morgan fingerprint density at radius 1 is 1.43 bits per heavy atom. The molecule has 0 amide bonds. The van der Waals surface area contributed by atoms with E-state index in [4.69, 9.17) is 4.74 Å². The van der Waals surface area contributed by atoms with Gasteiger partial charge in [0.1, 0.15) is 0 Å². The second-order valence-electron chi connectivity index (χ2n) is 4.13. The number of ether oxygens (including phenoxy) is 1. The Labute approximate surface area is 85.5 Å². The Kier molecular flexibility index (Phi) is 2.46. The molecule has 2 heteroatoms. The van der Waals surface area contributed by atoms with Crippen molar-refractivity contribution in [1.82, 2.24) is 0 Å². The molecule has 1 aromatic rings. The van der Waals surface area contributed by atoms with E-state index in [1.165, 1.54) is 16.8 Å². The van der Waals surface area contributed by atoms with Gasteiger partial charge in [0, 0.05) is 19.3 Å². The summed E-state index contributed by atoms with van der Waals surface area (Å²) in [6, 6.07) is 6.57. The molecule has 1 aliphatic rings. The lowest BCUT2D eigenvalue weighted by atomic mass is 10.1. The van der Waals surface area contributed by atoms with E-state index in [1.54, 1.807) is 0 Å². The third kappa shape index (κ3) is 2.07. The maximum absolute atomic E-state index is 5.22. The highest BCUT2D eigenvalue weighted by molar-refractivity contribution is 5.53. The molecule has 14 heavy (non-hydrogen) atoms. The summed E-state index contributed by atoms with van der Waals surface area (Å²) in [5.41, 5.74) is 3.97. The van der Waals surface area contributed by atoms with Gasteiger partial charge in [0.2, 0.25) is 0 Å². The Morgan fingerprint density at radius 2 is 2.14 bits per heavy atom. The van der Waals surface area contributed by atoms with Gasteiger partial charge in [-0.25, -0.2) is 0 Å².